The topological polar surface area (TPSA) is 66.6 Å². The minimum Gasteiger partial charge on any atom is -0.623 e. The zero-order valence-electron chi connectivity index (χ0n) is 9.75. The Morgan fingerprint density at radius 2 is 1.94 bits per heavy atom. The van der Waals surface area contributed by atoms with Crippen LogP contribution in [0.15, 0.2) is 30.3 Å². The fraction of sp³-hybridized carbons (Fsp3) is 0.333. The van der Waals surface area contributed by atoms with Gasteiger partial charge in [0.25, 0.3) is 0 Å². The van der Waals surface area contributed by atoms with Crippen LogP contribution in [0.25, 0.3) is 0 Å². The lowest BCUT2D eigenvalue weighted by Gasteiger charge is -2.36. The molecule has 0 bridgehead atoms. The van der Waals surface area contributed by atoms with E-state index in [1.807, 2.05) is 18.2 Å². The molecule has 0 radical (unpaired) electrons. The number of hydrogen-bond acceptors (Lipinski definition) is 3. The first-order chi connectivity index (χ1) is 7.94. The van der Waals surface area contributed by atoms with Gasteiger partial charge in [0.05, 0.1) is 0 Å². The number of carbonyl (C=O) groups is 1. The minimum absolute atomic E-state index is 0.357. The van der Waals surface area contributed by atoms with Gasteiger partial charge in [0.1, 0.15) is 5.54 Å². The number of hydrogen-bond donors (Lipinski definition) is 1. The van der Waals surface area contributed by atoms with Crippen LogP contribution < -0.4 is 0 Å². The zero-order valence-corrected chi connectivity index (χ0v) is 9.75. The SMILES string of the molecule is CC1(C)C(c2ccccc2)=[N+]([O-])CC(=O)N1O. The molecule has 0 spiro atoms. The Kier molecular flexibility index (Phi) is 2.63. The maximum atomic E-state index is 11.9. The van der Waals surface area contributed by atoms with Gasteiger partial charge in [0, 0.05) is 5.56 Å². The highest BCUT2D eigenvalue weighted by atomic mass is 16.5. The molecule has 1 aromatic rings. The quantitative estimate of drug-likeness (QED) is 0.448. The maximum Gasteiger partial charge on any atom is 0.313 e. The molecule has 0 aromatic heterocycles. The minimum atomic E-state index is -1.03. The van der Waals surface area contributed by atoms with E-state index in [-0.39, 0.29) is 6.54 Å². The van der Waals surface area contributed by atoms with Crippen LogP contribution in [-0.4, -0.2) is 38.7 Å². The van der Waals surface area contributed by atoms with Crippen LogP contribution in [0, 0.1) is 5.21 Å². The van der Waals surface area contributed by atoms with Gasteiger partial charge in [-0.3, -0.25) is 10.0 Å². The summed E-state index contributed by atoms with van der Waals surface area (Å²) in [5.74, 6) is -0.593. The molecule has 0 unspecified atom stereocenters. The molecule has 1 N–H and O–H groups in total. The smallest absolute Gasteiger partial charge is 0.313 e. The fourth-order valence-corrected chi connectivity index (χ4v) is 2.08. The van der Waals surface area contributed by atoms with Crippen molar-refractivity contribution >= 4 is 11.6 Å². The Morgan fingerprint density at radius 3 is 2.53 bits per heavy atom. The molecule has 2 rings (SSSR count). The van der Waals surface area contributed by atoms with E-state index in [4.69, 9.17) is 0 Å². The molecule has 17 heavy (non-hydrogen) atoms. The van der Waals surface area contributed by atoms with Crippen molar-refractivity contribution in [1.82, 2.24) is 5.06 Å². The van der Waals surface area contributed by atoms with Gasteiger partial charge in [-0.2, -0.15) is 4.74 Å². The number of amides is 1. The molecule has 5 nitrogen and oxygen atoms in total. The Hall–Kier alpha value is -1.88. The van der Waals surface area contributed by atoms with Gasteiger partial charge < -0.3 is 5.21 Å². The summed E-state index contributed by atoms with van der Waals surface area (Å²) >= 11 is 0. The standard InChI is InChI=1S/C12H14N2O3/c1-12(2)11(9-6-4-3-5-7-9)13(16)8-10(15)14(12)17/h3-7,17H,8H2,1-2H3. The van der Waals surface area contributed by atoms with Crippen LogP contribution >= 0.6 is 0 Å². The van der Waals surface area contributed by atoms with Crippen molar-refractivity contribution in [2.75, 3.05) is 6.54 Å². The summed E-state index contributed by atoms with van der Waals surface area (Å²) in [4.78, 5) is 11.4. The van der Waals surface area contributed by atoms with E-state index in [0.29, 0.717) is 21.1 Å². The maximum absolute atomic E-state index is 11.9. The number of nitrogens with zero attached hydrogens (tertiary/aromatic N) is 2. The van der Waals surface area contributed by atoms with Crippen LogP contribution in [0.4, 0.5) is 0 Å². The molecule has 5 heteroatoms. The molecule has 1 heterocycles. The molecule has 1 aliphatic heterocycles. The van der Waals surface area contributed by atoms with Crippen molar-refractivity contribution in [3.63, 3.8) is 0 Å². The molecule has 0 saturated heterocycles. The van der Waals surface area contributed by atoms with E-state index in [1.165, 1.54) is 0 Å². The van der Waals surface area contributed by atoms with Gasteiger partial charge in [0.15, 0.2) is 0 Å². The first kappa shape index (κ1) is 11.6. The molecule has 0 atom stereocenters. The number of carbonyl (C=O) groups excluding carboxylic acids is 1. The summed E-state index contributed by atoms with van der Waals surface area (Å²) in [5.41, 5.74) is 0.0672. The number of rotatable bonds is 1. The Balaban J connectivity index is 2.58. The summed E-state index contributed by atoms with van der Waals surface area (Å²) in [7, 11) is 0. The van der Waals surface area contributed by atoms with E-state index in [9.17, 15) is 15.2 Å². The van der Waals surface area contributed by atoms with E-state index in [1.54, 1.807) is 26.0 Å². The Bertz CT molecular complexity index is 480. The zero-order chi connectivity index (χ0) is 12.6. The summed E-state index contributed by atoms with van der Waals surface area (Å²) in [6.45, 7) is 2.92. The molecule has 90 valence electrons. The lowest BCUT2D eigenvalue weighted by molar-refractivity contribution is -0.461. The summed E-state index contributed by atoms with van der Waals surface area (Å²) < 4.78 is 0.643. The number of benzene rings is 1. The highest BCUT2D eigenvalue weighted by molar-refractivity contribution is 6.06. The summed E-state index contributed by atoms with van der Waals surface area (Å²) in [5, 5.41) is 22.3. The van der Waals surface area contributed by atoms with E-state index in [2.05, 4.69) is 0 Å². The largest absolute Gasteiger partial charge is 0.623 e. The fourth-order valence-electron chi connectivity index (χ4n) is 2.08. The average molecular weight is 234 g/mol. The van der Waals surface area contributed by atoms with Crippen molar-refractivity contribution in [3.05, 3.63) is 41.1 Å². The lowest BCUT2D eigenvalue weighted by Crippen LogP contribution is -2.59. The van der Waals surface area contributed by atoms with Crippen LogP contribution in [0.5, 0.6) is 0 Å². The predicted molar refractivity (Wildman–Crippen MR) is 61.8 cm³/mol. The molecule has 0 saturated carbocycles. The highest BCUT2D eigenvalue weighted by Crippen LogP contribution is 2.23. The van der Waals surface area contributed by atoms with Gasteiger partial charge in [-0.25, -0.2) is 5.06 Å². The normalized spacial score (nSPS) is 19.7. The van der Waals surface area contributed by atoms with Crippen molar-refractivity contribution in [2.24, 2.45) is 0 Å². The van der Waals surface area contributed by atoms with Gasteiger partial charge in [0.2, 0.25) is 12.3 Å². The van der Waals surface area contributed by atoms with Crippen molar-refractivity contribution in [3.8, 4) is 0 Å². The second-order valence-electron chi connectivity index (χ2n) is 4.52. The van der Waals surface area contributed by atoms with E-state index < -0.39 is 11.4 Å². The van der Waals surface area contributed by atoms with Gasteiger partial charge in [-0.15, -0.1) is 0 Å². The van der Waals surface area contributed by atoms with Gasteiger partial charge >= 0.3 is 5.91 Å². The lowest BCUT2D eigenvalue weighted by atomic mass is 9.90. The second kappa shape index (κ2) is 3.85. The molecule has 1 aromatic carbocycles. The van der Waals surface area contributed by atoms with Crippen LogP contribution in [0.1, 0.15) is 19.4 Å². The van der Waals surface area contributed by atoms with Crippen molar-refractivity contribution < 1.29 is 14.7 Å². The van der Waals surface area contributed by atoms with E-state index >= 15 is 0 Å². The second-order valence-corrected chi connectivity index (χ2v) is 4.52. The average Bonchev–Trinajstić information content (AvgIpc) is 2.27. The van der Waals surface area contributed by atoms with Gasteiger partial charge in [-0.05, 0) is 26.0 Å². The summed E-state index contributed by atoms with van der Waals surface area (Å²) in [6, 6.07) is 9.03. The third-order valence-electron chi connectivity index (χ3n) is 2.92. The molecular formula is C12H14N2O3. The highest BCUT2D eigenvalue weighted by Gasteiger charge is 2.46. The first-order valence-corrected chi connectivity index (χ1v) is 5.34. The Morgan fingerprint density at radius 1 is 1.35 bits per heavy atom. The third-order valence-corrected chi connectivity index (χ3v) is 2.92. The third kappa shape index (κ3) is 1.78. The molecular weight excluding hydrogens is 220 g/mol. The van der Waals surface area contributed by atoms with Crippen molar-refractivity contribution in [1.29, 1.82) is 0 Å². The monoisotopic (exact) mass is 234 g/mol. The number of hydroxylamine groups is 3. The van der Waals surface area contributed by atoms with Crippen LogP contribution in [0.3, 0.4) is 0 Å². The predicted octanol–water partition coefficient (Wildman–Crippen LogP) is 0.996. The Labute approximate surface area is 99.1 Å². The summed E-state index contributed by atoms with van der Waals surface area (Å²) in [6.07, 6.45) is 0. The van der Waals surface area contributed by atoms with Crippen LogP contribution in [0.2, 0.25) is 0 Å². The molecule has 1 aliphatic rings. The van der Waals surface area contributed by atoms with Gasteiger partial charge in [-0.1, -0.05) is 18.2 Å². The molecule has 0 aliphatic carbocycles. The van der Waals surface area contributed by atoms with E-state index in [0.717, 1.165) is 0 Å². The van der Waals surface area contributed by atoms with Crippen LogP contribution in [-0.2, 0) is 4.79 Å². The molecule has 1 amide bonds. The molecule has 0 fully saturated rings. The first-order valence-electron chi connectivity index (χ1n) is 5.34. The van der Waals surface area contributed by atoms with Crippen molar-refractivity contribution in [2.45, 2.75) is 19.4 Å².